The first-order valence-corrected chi connectivity index (χ1v) is 4.39. The molecule has 0 radical (unpaired) electrons. The number of aliphatic hydroxyl groups is 1. The molecule has 0 spiro atoms. The Morgan fingerprint density at radius 3 is 2.25 bits per heavy atom. The van der Waals surface area contributed by atoms with Crippen molar-refractivity contribution in [2.24, 2.45) is 0 Å². The molecule has 0 saturated carbocycles. The first-order valence-electron chi connectivity index (χ1n) is 7.22. The molecule has 0 aromatic carbocycles. The first kappa shape index (κ1) is 9.49. The molecule has 0 aliphatic heterocycles. The largest absolute Gasteiger partial charge is 0.394 e. The maximum atomic E-state index is 11.0. The van der Waals surface area contributed by atoms with Gasteiger partial charge in [0.2, 0.25) is 0 Å². The van der Waals surface area contributed by atoms with E-state index >= 15 is 0 Å². The fourth-order valence-corrected chi connectivity index (χ4v) is 1.25. The molecule has 0 aliphatic rings. The van der Waals surface area contributed by atoms with E-state index < -0.39 is 59.4 Å². The van der Waals surface area contributed by atoms with E-state index in [-0.39, 0.29) is 0 Å². The normalized spacial score (nSPS) is 22.1. The Morgan fingerprint density at radius 2 is 1.75 bits per heavy atom. The third kappa shape index (κ3) is 3.80. The van der Waals surface area contributed by atoms with Gasteiger partial charge in [0.25, 0.3) is 0 Å². The topological polar surface area (TPSA) is 74.2 Å². The Hall–Kier alpha value is -0.530. The minimum absolute atomic E-state index is 0.393. The first-order chi connectivity index (χ1) is 9.69. The van der Waals surface area contributed by atoms with E-state index in [0.717, 1.165) is 0 Å². The van der Waals surface area contributed by atoms with E-state index in [9.17, 15) is 9.90 Å². The summed E-state index contributed by atoms with van der Waals surface area (Å²) < 4.78 is 48.1. The monoisotopic (exact) mass is 240 g/mol. The summed E-state index contributed by atoms with van der Waals surface area (Å²) in [6, 6.07) is 0. The van der Waals surface area contributed by atoms with Gasteiger partial charge in [0.1, 0.15) is 24.4 Å². The van der Waals surface area contributed by atoms with Crippen molar-refractivity contribution >= 4 is 6.29 Å². The van der Waals surface area contributed by atoms with Crippen molar-refractivity contribution in [2.75, 3.05) is 35.0 Å². The molecule has 16 heavy (non-hydrogen) atoms. The predicted octanol–water partition coefficient (Wildman–Crippen LogP) is -0.762. The number of hydrogen-bond donors (Lipinski definition) is 1. The van der Waals surface area contributed by atoms with Crippen LogP contribution in [-0.4, -0.2) is 70.8 Å². The number of aliphatic hydroxyl groups excluding tert-OH is 1. The Morgan fingerprint density at radius 1 is 1.12 bits per heavy atom. The third-order valence-electron chi connectivity index (χ3n) is 2.12. The molecule has 0 unspecified atom stereocenters. The van der Waals surface area contributed by atoms with Crippen molar-refractivity contribution in [3.63, 3.8) is 0 Å². The molecule has 0 rings (SSSR count). The van der Waals surface area contributed by atoms with Crippen molar-refractivity contribution in [3.8, 4) is 0 Å². The van der Waals surface area contributed by atoms with Crippen LogP contribution in [0.5, 0.6) is 0 Å². The van der Waals surface area contributed by atoms with Crippen LogP contribution in [-0.2, 0) is 23.7 Å². The van der Waals surface area contributed by atoms with Gasteiger partial charge in [-0.1, -0.05) is 0 Å². The van der Waals surface area contributed by atoms with Crippen LogP contribution < -0.4 is 0 Å². The SMILES string of the molecule is [2H]CO[C@H]([C@H](OC[2H])[C@H](C=O)OC[2H])[C@@H](CO)OC[2H]. The quantitative estimate of drug-likeness (QED) is 0.534. The van der Waals surface area contributed by atoms with E-state index in [1.54, 1.807) is 0 Å². The van der Waals surface area contributed by atoms with Gasteiger partial charge in [-0.05, 0) is 0 Å². The van der Waals surface area contributed by atoms with E-state index in [0.29, 0.717) is 6.29 Å². The average Bonchev–Trinajstić information content (AvgIpc) is 2.46. The summed E-state index contributed by atoms with van der Waals surface area (Å²) in [5.41, 5.74) is 0. The molecule has 96 valence electrons. The number of aldehydes is 1. The van der Waals surface area contributed by atoms with E-state index in [1.165, 1.54) is 0 Å². The smallest absolute Gasteiger partial charge is 0.151 e. The summed E-state index contributed by atoms with van der Waals surface area (Å²) in [6.07, 6.45) is -4.01. The molecular weight excluding hydrogens is 216 g/mol. The summed E-state index contributed by atoms with van der Waals surface area (Å²) in [4.78, 5) is 11.0. The predicted molar refractivity (Wildman–Crippen MR) is 56.3 cm³/mol. The van der Waals surface area contributed by atoms with Gasteiger partial charge in [-0.15, -0.1) is 0 Å². The minimum atomic E-state index is -1.20. The molecule has 1 N–H and O–H groups in total. The molecule has 0 saturated heterocycles. The third-order valence-corrected chi connectivity index (χ3v) is 2.12. The highest BCUT2D eigenvalue weighted by Gasteiger charge is 2.35. The zero-order chi connectivity index (χ0) is 15.4. The van der Waals surface area contributed by atoms with Gasteiger partial charge >= 0.3 is 0 Å². The zero-order valence-electron chi connectivity index (χ0n) is 12.9. The molecule has 0 aromatic heterocycles. The molecule has 0 amide bonds. The molecule has 0 bridgehead atoms. The lowest BCUT2D eigenvalue weighted by Gasteiger charge is -2.32. The number of carbonyl (C=O) groups is 1. The Balaban J connectivity index is 5.11. The van der Waals surface area contributed by atoms with Crippen LogP contribution in [0.25, 0.3) is 0 Å². The number of hydrogen-bond acceptors (Lipinski definition) is 6. The van der Waals surface area contributed by atoms with Crippen molar-refractivity contribution < 1.29 is 34.3 Å². The number of carbonyl (C=O) groups excluding carboxylic acids is 1. The number of ether oxygens (including phenoxy) is 4. The maximum Gasteiger partial charge on any atom is 0.151 e. The van der Waals surface area contributed by atoms with E-state index in [4.69, 9.17) is 24.4 Å². The van der Waals surface area contributed by atoms with Crippen LogP contribution in [0, 0.1) is 0 Å². The van der Waals surface area contributed by atoms with Crippen molar-refractivity contribution in [3.05, 3.63) is 0 Å². The van der Waals surface area contributed by atoms with E-state index in [2.05, 4.69) is 0 Å². The van der Waals surface area contributed by atoms with Crippen molar-refractivity contribution in [2.45, 2.75) is 24.4 Å². The fourth-order valence-electron chi connectivity index (χ4n) is 1.25. The molecule has 0 fully saturated rings. The van der Waals surface area contributed by atoms with Crippen molar-refractivity contribution in [1.82, 2.24) is 0 Å². The number of methoxy groups -OCH3 is 4. The average molecular weight is 240 g/mol. The second kappa shape index (κ2) is 8.60. The van der Waals surface area contributed by atoms with Gasteiger partial charge in [-0.2, -0.15) is 0 Å². The van der Waals surface area contributed by atoms with Gasteiger partial charge < -0.3 is 28.8 Å². The van der Waals surface area contributed by atoms with E-state index in [1.807, 2.05) is 0 Å². The van der Waals surface area contributed by atoms with Crippen LogP contribution in [0.2, 0.25) is 0 Å². The molecule has 0 aromatic rings. The van der Waals surface area contributed by atoms with Crippen LogP contribution in [0.1, 0.15) is 5.48 Å². The summed E-state index contributed by atoms with van der Waals surface area (Å²) in [5, 5.41) is 9.24. The van der Waals surface area contributed by atoms with Crippen LogP contribution >= 0.6 is 0 Å². The lowest BCUT2D eigenvalue weighted by Crippen LogP contribution is -2.49. The van der Waals surface area contributed by atoms with Gasteiger partial charge in [-0.3, -0.25) is 0 Å². The number of rotatable bonds is 9. The Kier molecular flexibility index (Phi) is 5.10. The second-order valence-electron chi connectivity index (χ2n) is 2.92. The van der Waals surface area contributed by atoms with Gasteiger partial charge in [-0.25, -0.2) is 0 Å². The molecule has 0 heterocycles. The minimum Gasteiger partial charge on any atom is -0.394 e. The summed E-state index contributed by atoms with van der Waals surface area (Å²) >= 11 is 0. The van der Waals surface area contributed by atoms with Crippen LogP contribution in [0.4, 0.5) is 0 Å². The van der Waals surface area contributed by atoms with Crippen LogP contribution in [0.3, 0.4) is 0 Å². The highest BCUT2D eigenvalue weighted by Crippen LogP contribution is 2.14. The van der Waals surface area contributed by atoms with Gasteiger partial charge in [0.15, 0.2) is 6.29 Å². The Bertz CT molecular complexity index is 248. The lowest BCUT2D eigenvalue weighted by molar-refractivity contribution is -0.160. The summed E-state index contributed by atoms with van der Waals surface area (Å²) in [6.45, 7) is -0.520. The standard InChI is InChI=1S/C10H20O6/c1-13-7(5-11)9(15-3)10(16-4)8(6-12)14-2/h5,7-10,12H,6H2,1-4H3/t7-,8+,9+,10-/m0/s1/i1D,2D,3D,4D. The van der Waals surface area contributed by atoms with Gasteiger partial charge in [0.05, 0.1) is 12.1 Å². The summed E-state index contributed by atoms with van der Waals surface area (Å²) in [7, 11) is -1.96. The molecule has 0 aliphatic carbocycles. The van der Waals surface area contributed by atoms with Gasteiger partial charge in [0, 0.05) is 28.3 Å². The molecule has 6 heteroatoms. The summed E-state index contributed by atoms with van der Waals surface area (Å²) in [5.74, 6) is 0. The lowest BCUT2D eigenvalue weighted by atomic mass is 10.0. The zero-order valence-corrected chi connectivity index (χ0v) is 8.91. The molecular formula is C10H20O6. The van der Waals surface area contributed by atoms with Crippen LogP contribution in [0.15, 0.2) is 0 Å². The Labute approximate surface area is 101 Å². The second-order valence-corrected chi connectivity index (χ2v) is 2.92. The molecule has 4 atom stereocenters. The maximum absolute atomic E-state index is 11.0. The fraction of sp³-hybridized carbons (Fsp3) is 0.900. The van der Waals surface area contributed by atoms with Crippen molar-refractivity contribution in [1.29, 1.82) is 0 Å². The molecule has 6 nitrogen and oxygen atoms in total. The highest BCUT2D eigenvalue weighted by atomic mass is 16.6. The highest BCUT2D eigenvalue weighted by molar-refractivity contribution is 5.57.